The van der Waals surface area contributed by atoms with Gasteiger partial charge in [0.25, 0.3) is 0 Å². The molecule has 3 atom stereocenters. The van der Waals surface area contributed by atoms with Gasteiger partial charge in [0.1, 0.15) is 0 Å². The van der Waals surface area contributed by atoms with Crippen molar-refractivity contribution in [2.45, 2.75) is 58.9 Å². The fraction of sp³-hybridized carbons (Fsp3) is 0.929. The van der Waals surface area contributed by atoms with E-state index >= 15 is 0 Å². The number of rotatable bonds is 5. The minimum absolute atomic E-state index is 0.271. The SMILES string of the molecule is CCCC1CCC(C#N)C(N(CC)CC)C1. The van der Waals surface area contributed by atoms with E-state index in [4.69, 9.17) is 0 Å². The molecule has 1 fully saturated rings. The van der Waals surface area contributed by atoms with E-state index in [1.165, 1.54) is 25.7 Å². The molecule has 0 amide bonds. The highest BCUT2D eigenvalue weighted by Gasteiger charge is 2.32. The predicted molar refractivity (Wildman–Crippen MR) is 68.1 cm³/mol. The van der Waals surface area contributed by atoms with Crippen molar-refractivity contribution in [1.29, 1.82) is 5.26 Å². The Morgan fingerprint density at radius 3 is 2.38 bits per heavy atom. The first-order valence-electron chi connectivity index (χ1n) is 6.90. The van der Waals surface area contributed by atoms with Crippen LogP contribution in [0.1, 0.15) is 52.9 Å². The second kappa shape index (κ2) is 6.91. The summed E-state index contributed by atoms with van der Waals surface area (Å²) in [5.41, 5.74) is 0. The Morgan fingerprint density at radius 1 is 1.19 bits per heavy atom. The van der Waals surface area contributed by atoms with E-state index in [1.54, 1.807) is 0 Å². The molecule has 0 aliphatic heterocycles. The van der Waals surface area contributed by atoms with Crippen LogP contribution < -0.4 is 0 Å². The lowest BCUT2D eigenvalue weighted by molar-refractivity contribution is 0.108. The fourth-order valence-corrected chi connectivity index (χ4v) is 3.15. The molecule has 2 heteroatoms. The Labute approximate surface area is 101 Å². The summed E-state index contributed by atoms with van der Waals surface area (Å²) in [5.74, 6) is 1.13. The number of hydrogen-bond donors (Lipinski definition) is 0. The summed E-state index contributed by atoms with van der Waals surface area (Å²) in [6.45, 7) is 8.85. The van der Waals surface area contributed by atoms with E-state index in [1.807, 2.05) is 0 Å². The van der Waals surface area contributed by atoms with Gasteiger partial charge in [0, 0.05) is 6.04 Å². The largest absolute Gasteiger partial charge is 0.300 e. The minimum atomic E-state index is 0.271. The third kappa shape index (κ3) is 3.22. The average Bonchev–Trinajstić information content (AvgIpc) is 2.31. The zero-order valence-corrected chi connectivity index (χ0v) is 11.1. The summed E-state index contributed by atoms with van der Waals surface area (Å²) in [6, 6.07) is 3.04. The average molecular weight is 222 g/mol. The zero-order valence-electron chi connectivity index (χ0n) is 11.1. The van der Waals surface area contributed by atoms with Crippen molar-refractivity contribution in [3.8, 4) is 6.07 Å². The van der Waals surface area contributed by atoms with Crippen LogP contribution in [0.2, 0.25) is 0 Å². The van der Waals surface area contributed by atoms with Gasteiger partial charge in [-0.1, -0.05) is 33.6 Å². The Hall–Kier alpha value is -0.550. The van der Waals surface area contributed by atoms with Gasteiger partial charge in [-0.3, -0.25) is 4.90 Å². The molecule has 92 valence electrons. The number of nitrogens with zero attached hydrogens (tertiary/aromatic N) is 2. The molecule has 0 saturated heterocycles. The molecule has 0 aromatic carbocycles. The molecule has 0 aromatic heterocycles. The fourth-order valence-electron chi connectivity index (χ4n) is 3.15. The molecular formula is C14H26N2. The minimum Gasteiger partial charge on any atom is -0.300 e. The van der Waals surface area contributed by atoms with Crippen LogP contribution in [0.5, 0.6) is 0 Å². The maximum atomic E-state index is 9.24. The van der Waals surface area contributed by atoms with E-state index in [2.05, 4.69) is 31.7 Å². The van der Waals surface area contributed by atoms with Gasteiger partial charge in [-0.2, -0.15) is 5.26 Å². The Balaban J connectivity index is 2.63. The van der Waals surface area contributed by atoms with Gasteiger partial charge in [-0.15, -0.1) is 0 Å². The zero-order chi connectivity index (χ0) is 12.0. The monoisotopic (exact) mass is 222 g/mol. The van der Waals surface area contributed by atoms with Crippen LogP contribution >= 0.6 is 0 Å². The molecule has 0 aromatic rings. The Kier molecular flexibility index (Phi) is 5.84. The lowest BCUT2D eigenvalue weighted by Gasteiger charge is -2.39. The topological polar surface area (TPSA) is 27.0 Å². The van der Waals surface area contributed by atoms with Crippen LogP contribution in [0.25, 0.3) is 0 Å². The van der Waals surface area contributed by atoms with Crippen molar-refractivity contribution in [3.05, 3.63) is 0 Å². The first-order valence-corrected chi connectivity index (χ1v) is 6.90. The Bertz CT molecular complexity index is 227. The molecule has 1 saturated carbocycles. The summed E-state index contributed by atoms with van der Waals surface area (Å²) < 4.78 is 0. The van der Waals surface area contributed by atoms with E-state index in [0.717, 1.165) is 25.4 Å². The van der Waals surface area contributed by atoms with Crippen LogP contribution in [0, 0.1) is 23.2 Å². The first-order chi connectivity index (χ1) is 7.76. The summed E-state index contributed by atoms with van der Waals surface area (Å²) in [5, 5.41) is 9.24. The molecule has 1 rings (SSSR count). The third-order valence-electron chi connectivity index (χ3n) is 4.07. The van der Waals surface area contributed by atoms with Gasteiger partial charge < -0.3 is 0 Å². The molecular weight excluding hydrogens is 196 g/mol. The Morgan fingerprint density at radius 2 is 1.88 bits per heavy atom. The van der Waals surface area contributed by atoms with Crippen LogP contribution in [-0.2, 0) is 0 Å². The predicted octanol–water partition coefficient (Wildman–Crippen LogP) is 3.44. The van der Waals surface area contributed by atoms with Crippen LogP contribution in [0.4, 0.5) is 0 Å². The molecule has 0 radical (unpaired) electrons. The van der Waals surface area contributed by atoms with Crippen molar-refractivity contribution in [2.24, 2.45) is 11.8 Å². The quantitative estimate of drug-likeness (QED) is 0.712. The van der Waals surface area contributed by atoms with Crippen LogP contribution in [-0.4, -0.2) is 24.0 Å². The molecule has 1 aliphatic carbocycles. The maximum Gasteiger partial charge on any atom is 0.0672 e. The highest BCUT2D eigenvalue weighted by atomic mass is 15.1. The van der Waals surface area contributed by atoms with E-state index in [9.17, 15) is 5.26 Å². The van der Waals surface area contributed by atoms with E-state index in [-0.39, 0.29) is 5.92 Å². The summed E-state index contributed by atoms with van der Waals surface area (Å²) in [6.07, 6.45) is 6.25. The van der Waals surface area contributed by atoms with Gasteiger partial charge in [0.05, 0.1) is 12.0 Å². The van der Waals surface area contributed by atoms with Crippen LogP contribution in [0.3, 0.4) is 0 Å². The summed E-state index contributed by atoms with van der Waals surface area (Å²) >= 11 is 0. The normalized spacial score (nSPS) is 30.3. The molecule has 0 spiro atoms. The van der Waals surface area contributed by atoms with Crippen molar-refractivity contribution < 1.29 is 0 Å². The van der Waals surface area contributed by atoms with Gasteiger partial charge in [0.2, 0.25) is 0 Å². The van der Waals surface area contributed by atoms with Crippen LogP contribution in [0.15, 0.2) is 0 Å². The summed E-state index contributed by atoms with van der Waals surface area (Å²) in [7, 11) is 0. The first kappa shape index (κ1) is 13.5. The van der Waals surface area contributed by atoms with Gasteiger partial charge in [-0.25, -0.2) is 0 Å². The van der Waals surface area contributed by atoms with Crippen molar-refractivity contribution in [2.75, 3.05) is 13.1 Å². The lowest BCUT2D eigenvalue weighted by atomic mass is 9.76. The lowest BCUT2D eigenvalue weighted by Crippen LogP contribution is -2.43. The molecule has 0 heterocycles. The standard InChI is InChI=1S/C14H26N2/c1-4-7-12-8-9-13(11-15)14(10-12)16(5-2)6-3/h12-14H,4-10H2,1-3H3. The second-order valence-corrected chi connectivity index (χ2v) is 4.99. The highest BCUT2D eigenvalue weighted by molar-refractivity contribution is 4.97. The van der Waals surface area contributed by atoms with Gasteiger partial charge in [0.15, 0.2) is 0 Å². The number of hydrogen-bond acceptors (Lipinski definition) is 2. The molecule has 2 nitrogen and oxygen atoms in total. The summed E-state index contributed by atoms with van der Waals surface area (Å²) in [4.78, 5) is 2.48. The van der Waals surface area contributed by atoms with Crippen molar-refractivity contribution in [1.82, 2.24) is 4.90 Å². The molecule has 3 unspecified atom stereocenters. The second-order valence-electron chi connectivity index (χ2n) is 4.99. The highest BCUT2D eigenvalue weighted by Crippen LogP contribution is 2.34. The smallest absolute Gasteiger partial charge is 0.0672 e. The van der Waals surface area contributed by atoms with E-state index < -0.39 is 0 Å². The molecule has 16 heavy (non-hydrogen) atoms. The van der Waals surface area contributed by atoms with E-state index in [0.29, 0.717) is 6.04 Å². The van der Waals surface area contributed by atoms with Crippen molar-refractivity contribution >= 4 is 0 Å². The maximum absolute atomic E-state index is 9.24. The van der Waals surface area contributed by atoms with Gasteiger partial charge in [-0.05, 0) is 38.3 Å². The van der Waals surface area contributed by atoms with Crippen molar-refractivity contribution in [3.63, 3.8) is 0 Å². The number of nitriles is 1. The van der Waals surface area contributed by atoms with Gasteiger partial charge >= 0.3 is 0 Å². The molecule has 1 aliphatic rings. The molecule has 0 N–H and O–H groups in total. The third-order valence-corrected chi connectivity index (χ3v) is 4.07. The molecule has 0 bridgehead atoms.